The number of carbonyl (C=O) groups is 2. The number of piperazine rings is 1. The first-order valence-electron chi connectivity index (χ1n) is 10.0. The van der Waals surface area contributed by atoms with Crippen molar-refractivity contribution >= 4 is 11.9 Å². The molecule has 0 aromatic heterocycles. The van der Waals surface area contributed by atoms with Crippen LogP contribution in [0.4, 0.5) is 4.79 Å². The number of amides is 3. The molecule has 27 heavy (non-hydrogen) atoms. The number of ether oxygens (including phenoxy) is 1. The summed E-state index contributed by atoms with van der Waals surface area (Å²) in [5.41, 5.74) is -0.937. The molecule has 1 aliphatic heterocycles. The number of para-hydroxylation sites is 1. The van der Waals surface area contributed by atoms with Crippen molar-refractivity contribution < 1.29 is 14.3 Å². The van der Waals surface area contributed by atoms with E-state index in [0.717, 1.165) is 12.8 Å². The monoisotopic (exact) mass is 373 g/mol. The Bertz CT molecular complexity index is 633. The quantitative estimate of drug-likeness (QED) is 0.882. The first-order valence-corrected chi connectivity index (χ1v) is 10.0. The van der Waals surface area contributed by atoms with Gasteiger partial charge < -0.3 is 19.9 Å². The number of hydrogen-bond acceptors (Lipinski definition) is 3. The molecule has 6 heteroatoms. The molecule has 0 bridgehead atoms. The minimum atomic E-state index is -0.937. The number of benzene rings is 1. The summed E-state index contributed by atoms with van der Waals surface area (Å²) in [6, 6.07) is 9.71. The topological polar surface area (TPSA) is 61.9 Å². The Labute approximate surface area is 161 Å². The van der Waals surface area contributed by atoms with Gasteiger partial charge in [0.25, 0.3) is 5.91 Å². The van der Waals surface area contributed by atoms with Crippen LogP contribution in [0.2, 0.25) is 0 Å². The molecule has 1 aliphatic carbocycles. The fraction of sp³-hybridized carbons (Fsp3) is 0.619. The second kappa shape index (κ2) is 8.63. The predicted molar refractivity (Wildman–Crippen MR) is 105 cm³/mol. The van der Waals surface area contributed by atoms with Crippen LogP contribution in [0.25, 0.3) is 0 Å². The van der Waals surface area contributed by atoms with Crippen LogP contribution in [0.3, 0.4) is 0 Å². The first kappa shape index (κ1) is 19.5. The van der Waals surface area contributed by atoms with Crippen molar-refractivity contribution in [2.45, 2.75) is 57.6 Å². The lowest BCUT2D eigenvalue weighted by Crippen LogP contribution is -2.58. The Morgan fingerprint density at radius 3 is 2.19 bits per heavy atom. The fourth-order valence-electron chi connectivity index (χ4n) is 3.83. The molecular formula is C21H31N3O3. The first-order chi connectivity index (χ1) is 13.0. The van der Waals surface area contributed by atoms with Gasteiger partial charge in [0.2, 0.25) is 0 Å². The zero-order valence-corrected chi connectivity index (χ0v) is 16.4. The molecule has 0 atom stereocenters. The van der Waals surface area contributed by atoms with Gasteiger partial charge in [0.1, 0.15) is 5.75 Å². The smallest absolute Gasteiger partial charge is 0.317 e. The predicted octanol–water partition coefficient (Wildman–Crippen LogP) is 3.03. The molecular weight excluding hydrogens is 342 g/mol. The Hall–Kier alpha value is -2.24. The highest BCUT2D eigenvalue weighted by molar-refractivity contribution is 5.85. The van der Waals surface area contributed by atoms with E-state index in [9.17, 15) is 9.59 Å². The lowest BCUT2D eigenvalue weighted by molar-refractivity contribution is -0.146. The minimum absolute atomic E-state index is 0.00814. The van der Waals surface area contributed by atoms with Crippen molar-refractivity contribution in [1.82, 2.24) is 15.1 Å². The molecule has 1 aromatic rings. The second-order valence-corrected chi connectivity index (χ2v) is 7.99. The summed E-state index contributed by atoms with van der Waals surface area (Å²) in [5.74, 6) is 0.639. The molecule has 0 radical (unpaired) electrons. The lowest BCUT2D eigenvalue weighted by atomic mass is 9.96. The van der Waals surface area contributed by atoms with Gasteiger partial charge in [-0.25, -0.2) is 4.79 Å². The Kier molecular flexibility index (Phi) is 6.24. The fourth-order valence-corrected chi connectivity index (χ4v) is 3.83. The van der Waals surface area contributed by atoms with Crippen molar-refractivity contribution in [3.05, 3.63) is 30.3 Å². The second-order valence-electron chi connectivity index (χ2n) is 7.99. The molecule has 3 rings (SSSR count). The summed E-state index contributed by atoms with van der Waals surface area (Å²) in [5, 5.41) is 3.15. The minimum Gasteiger partial charge on any atom is -0.478 e. The van der Waals surface area contributed by atoms with Crippen molar-refractivity contribution in [1.29, 1.82) is 0 Å². The third-order valence-electron chi connectivity index (χ3n) is 5.42. The maximum atomic E-state index is 12.9. The molecule has 6 nitrogen and oxygen atoms in total. The molecule has 2 aliphatic rings. The third-order valence-corrected chi connectivity index (χ3v) is 5.42. The van der Waals surface area contributed by atoms with Gasteiger partial charge in [-0.05, 0) is 38.8 Å². The van der Waals surface area contributed by atoms with E-state index in [2.05, 4.69) is 5.32 Å². The molecule has 0 spiro atoms. The Balaban J connectivity index is 1.49. The summed E-state index contributed by atoms with van der Waals surface area (Å²) in [4.78, 5) is 29.0. The summed E-state index contributed by atoms with van der Waals surface area (Å²) < 4.78 is 5.91. The van der Waals surface area contributed by atoms with Gasteiger partial charge in [-0.1, -0.05) is 37.5 Å². The number of nitrogens with one attached hydrogen (secondary N) is 1. The molecule has 1 heterocycles. The van der Waals surface area contributed by atoms with Crippen LogP contribution in [0.15, 0.2) is 30.3 Å². The molecule has 2 fully saturated rings. The highest BCUT2D eigenvalue weighted by Gasteiger charge is 2.36. The maximum absolute atomic E-state index is 12.9. The van der Waals surface area contributed by atoms with Crippen molar-refractivity contribution in [3.8, 4) is 5.75 Å². The number of nitrogens with zero attached hydrogens (tertiary/aromatic N) is 2. The SMILES string of the molecule is CC(C)(Oc1ccccc1)C(=O)N1CCN(C(=O)NC2CCCCC2)CC1. The van der Waals surface area contributed by atoms with Crippen LogP contribution in [-0.4, -0.2) is 59.6 Å². The molecule has 148 valence electrons. The summed E-state index contributed by atoms with van der Waals surface area (Å²) in [6.45, 7) is 5.80. The van der Waals surface area contributed by atoms with Gasteiger partial charge in [0, 0.05) is 32.2 Å². The molecule has 1 N–H and O–H groups in total. The van der Waals surface area contributed by atoms with E-state index in [1.165, 1.54) is 19.3 Å². The van der Waals surface area contributed by atoms with Crippen LogP contribution < -0.4 is 10.1 Å². The van der Waals surface area contributed by atoms with E-state index < -0.39 is 5.60 Å². The van der Waals surface area contributed by atoms with Crippen LogP contribution in [-0.2, 0) is 4.79 Å². The highest BCUT2D eigenvalue weighted by atomic mass is 16.5. The average molecular weight is 373 g/mol. The van der Waals surface area contributed by atoms with Crippen LogP contribution >= 0.6 is 0 Å². The van der Waals surface area contributed by atoms with Crippen LogP contribution in [0, 0.1) is 0 Å². The van der Waals surface area contributed by atoms with Gasteiger partial charge in [-0.3, -0.25) is 4.79 Å². The number of rotatable bonds is 4. The number of carbonyl (C=O) groups excluding carboxylic acids is 2. The van der Waals surface area contributed by atoms with Crippen molar-refractivity contribution in [3.63, 3.8) is 0 Å². The summed E-state index contributed by atoms with van der Waals surface area (Å²) >= 11 is 0. The number of hydrogen-bond donors (Lipinski definition) is 1. The summed E-state index contributed by atoms with van der Waals surface area (Å²) in [6.07, 6.45) is 5.83. The average Bonchev–Trinajstić information content (AvgIpc) is 2.69. The Morgan fingerprint density at radius 1 is 0.963 bits per heavy atom. The standard InChI is InChI=1S/C21H31N3O3/c1-21(2,27-18-11-7-4-8-12-18)19(25)23-13-15-24(16-14-23)20(26)22-17-9-5-3-6-10-17/h4,7-8,11-12,17H,3,5-6,9-10,13-16H2,1-2H3,(H,22,26). The van der Waals surface area contributed by atoms with Gasteiger partial charge in [-0.2, -0.15) is 0 Å². The van der Waals surface area contributed by atoms with E-state index in [1.54, 1.807) is 18.7 Å². The highest BCUT2D eigenvalue weighted by Crippen LogP contribution is 2.21. The van der Waals surface area contributed by atoms with Gasteiger partial charge in [0.15, 0.2) is 5.60 Å². The van der Waals surface area contributed by atoms with E-state index >= 15 is 0 Å². The van der Waals surface area contributed by atoms with E-state index in [0.29, 0.717) is 38.0 Å². The molecule has 0 unspecified atom stereocenters. The van der Waals surface area contributed by atoms with Crippen molar-refractivity contribution in [2.24, 2.45) is 0 Å². The van der Waals surface area contributed by atoms with Gasteiger partial charge in [-0.15, -0.1) is 0 Å². The molecule has 1 aromatic carbocycles. The van der Waals surface area contributed by atoms with E-state index in [1.807, 2.05) is 35.2 Å². The van der Waals surface area contributed by atoms with E-state index in [4.69, 9.17) is 4.74 Å². The van der Waals surface area contributed by atoms with Gasteiger partial charge in [0.05, 0.1) is 0 Å². The summed E-state index contributed by atoms with van der Waals surface area (Å²) in [7, 11) is 0. The zero-order chi connectivity index (χ0) is 19.3. The largest absolute Gasteiger partial charge is 0.478 e. The third kappa shape index (κ3) is 5.15. The number of urea groups is 1. The maximum Gasteiger partial charge on any atom is 0.317 e. The molecule has 3 amide bonds. The Morgan fingerprint density at radius 2 is 1.56 bits per heavy atom. The van der Waals surface area contributed by atoms with Crippen LogP contribution in [0.1, 0.15) is 46.0 Å². The van der Waals surface area contributed by atoms with Crippen LogP contribution in [0.5, 0.6) is 5.75 Å². The lowest BCUT2D eigenvalue weighted by Gasteiger charge is -2.39. The zero-order valence-electron chi connectivity index (χ0n) is 16.4. The molecule has 1 saturated carbocycles. The van der Waals surface area contributed by atoms with Crippen molar-refractivity contribution in [2.75, 3.05) is 26.2 Å². The van der Waals surface area contributed by atoms with E-state index in [-0.39, 0.29) is 11.9 Å². The normalized spacial score (nSPS) is 18.9. The van der Waals surface area contributed by atoms with Gasteiger partial charge >= 0.3 is 6.03 Å². The molecule has 1 saturated heterocycles.